The Labute approximate surface area is 69.1 Å². The van der Waals surface area contributed by atoms with Crippen molar-refractivity contribution in [3.8, 4) is 0 Å². The molecule has 1 rings (SSSR count). The van der Waals surface area contributed by atoms with Crippen molar-refractivity contribution in [2.24, 2.45) is 11.1 Å². The maximum absolute atomic E-state index is 5.74. The molecule has 0 aromatic heterocycles. The summed E-state index contributed by atoms with van der Waals surface area (Å²) in [6.07, 6.45) is 5.33. The van der Waals surface area contributed by atoms with Crippen molar-refractivity contribution in [2.75, 3.05) is 13.7 Å². The second-order valence-corrected chi connectivity index (χ2v) is 3.55. The van der Waals surface area contributed by atoms with Gasteiger partial charge in [-0.1, -0.05) is 13.3 Å². The number of hydrogen-bond donors (Lipinski definition) is 1. The average molecular weight is 157 g/mol. The molecule has 0 aromatic rings. The summed E-state index contributed by atoms with van der Waals surface area (Å²) in [6, 6.07) is 0. The van der Waals surface area contributed by atoms with Crippen molar-refractivity contribution in [1.29, 1.82) is 0 Å². The van der Waals surface area contributed by atoms with E-state index in [4.69, 9.17) is 10.5 Å². The SMILES string of the molecule is CCC(OC)C1(CN)CCC1. The molecule has 11 heavy (non-hydrogen) atoms. The fourth-order valence-electron chi connectivity index (χ4n) is 2.14. The lowest BCUT2D eigenvalue weighted by Crippen LogP contribution is -2.47. The van der Waals surface area contributed by atoms with Crippen LogP contribution >= 0.6 is 0 Å². The third kappa shape index (κ3) is 1.42. The Hall–Kier alpha value is -0.0800. The molecule has 1 unspecified atom stereocenters. The van der Waals surface area contributed by atoms with E-state index >= 15 is 0 Å². The van der Waals surface area contributed by atoms with Gasteiger partial charge >= 0.3 is 0 Å². The van der Waals surface area contributed by atoms with Crippen molar-refractivity contribution < 1.29 is 4.74 Å². The molecule has 66 valence electrons. The van der Waals surface area contributed by atoms with E-state index in [0.29, 0.717) is 11.5 Å². The predicted octanol–water partition coefficient (Wildman–Crippen LogP) is 1.54. The molecule has 2 heteroatoms. The predicted molar refractivity (Wildman–Crippen MR) is 46.4 cm³/mol. The molecule has 0 heterocycles. The molecule has 2 N–H and O–H groups in total. The Kier molecular flexibility index (Phi) is 2.90. The first-order chi connectivity index (χ1) is 5.29. The number of rotatable bonds is 4. The third-order valence-corrected chi connectivity index (χ3v) is 3.09. The lowest BCUT2D eigenvalue weighted by atomic mass is 9.64. The van der Waals surface area contributed by atoms with Crippen LogP contribution in [0.1, 0.15) is 32.6 Å². The molecule has 1 saturated carbocycles. The Bertz CT molecular complexity index is 111. The normalized spacial score (nSPS) is 24.3. The summed E-state index contributed by atoms with van der Waals surface area (Å²) in [5.74, 6) is 0. The van der Waals surface area contributed by atoms with Crippen LogP contribution in [0.2, 0.25) is 0 Å². The summed E-state index contributed by atoms with van der Waals surface area (Å²) in [6.45, 7) is 2.96. The number of hydrogen-bond acceptors (Lipinski definition) is 2. The highest BCUT2D eigenvalue weighted by atomic mass is 16.5. The van der Waals surface area contributed by atoms with E-state index in [1.54, 1.807) is 7.11 Å². The van der Waals surface area contributed by atoms with Gasteiger partial charge in [-0.05, 0) is 19.3 Å². The summed E-state index contributed by atoms with van der Waals surface area (Å²) in [5, 5.41) is 0. The quantitative estimate of drug-likeness (QED) is 0.672. The zero-order chi connectivity index (χ0) is 8.32. The maximum Gasteiger partial charge on any atom is 0.0637 e. The fourth-order valence-corrected chi connectivity index (χ4v) is 2.14. The maximum atomic E-state index is 5.74. The summed E-state index contributed by atoms with van der Waals surface area (Å²) in [5.41, 5.74) is 6.08. The van der Waals surface area contributed by atoms with Gasteiger partial charge in [0, 0.05) is 19.1 Å². The van der Waals surface area contributed by atoms with Crippen molar-refractivity contribution in [2.45, 2.75) is 38.7 Å². The molecule has 0 amide bonds. The Morgan fingerprint density at radius 2 is 2.18 bits per heavy atom. The van der Waals surface area contributed by atoms with Gasteiger partial charge in [-0.3, -0.25) is 0 Å². The topological polar surface area (TPSA) is 35.2 Å². The number of ether oxygens (including phenoxy) is 1. The van der Waals surface area contributed by atoms with Gasteiger partial charge in [0.2, 0.25) is 0 Å². The van der Waals surface area contributed by atoms with E-state index in [9.17, 15) is 0 Å². The monoisotopic (exact) mass is 157 g/mol. The van der Waals surface area contributed by atoms with E-state index in [-0.39, 0.29) is 0 Å². The van der Waals surface area contributed by atoms with Crippen LogP contribution < -0.4 is 5.73 Å². The van der Waals surface area contributed by atoms with E-state index in [2.05, 4.69) is 6.92 Å². The smallest absolute Gasteiger partial charge is 0.0637 e. The Balaban J connectivity index is 2.51. The van der Waals surface area contributed by atoms with Crippen LogP contribution in [0.5, 0.6) is 0 Å². The molecular weight excluding hydrogens is 138 g/mol. The van der Waals surface area contributed by atoms with E-state index < -0.39 is 0 Å². The molecule has 1 aliphatic rings. The van der Waals surface area contributed by atoms with E-state index in [1.807, 2.05) is 0 Å². The van der Waals surface area contributed by atoms with Crippen LogP contribution in [0.3, 0.4) is 0 Å². The third-order valence-electron chi connectivity index (χ3n) is 3.09. The largest absolute Gasteiger partial charge is 0.381 e. The van der Waals surface area contributed by atoms with Gasteiger partial charge in [-0.2, -0.15) is 0 Å². The first kappa shape index (κ1) is 9.01. The first-order valence-corrected chi connectivity index (χ1v) is 4.52. The van der Waals surface area contributed by atoms with Crippen LogP contribution in [-0.2, 0) is 4.74 Å². The Morgan fingerprint density at radius 3 is 2.27 bits per heavy atom. The highest BCUT2D eigenvalue weighted by molar-refractivity contribution is 4.94. The van der Waals surface area contributed by atoms with Gasteiger partial charge in [-0.15, -0.1) is 0 Å². The average Bonchev–Trinajstić information content (AvgIpc) is 1.96. The molecule has 0 bridgehead atoms. The highest BCUT2D eigenvalue weighted by Gasteiger charge is 2.42. The molecular formula is C9H19NO. The minimum absolute atomic E-state index is 0.337. The Morgan fingerprint density at radius 1 is 1.55 bits per heavy atom. The van der Waals surface area contributed by atoms with Crippen LogP contribution in [0.4, 0.5) is 0 Å². The molecule has 0 aliphatic heterocycles. The summed E-state index contributed by atoms with van der Waals surface area (Å²) in [7, 11) is 1.80. The molecule has 1 atom stereocenters. The molecule has 0 radical (unpaired) electrons. The van der Waals surface area contributed by atoms with Crippen molar-refractivity contribution in [1.82, 2.24) is 0 Å². The summed E-state index contributed by atoms with van der Waals surface area (Å²) in [4.78, 5) is 0. The van der Waals surface area contributed by atoms with Crippen molar-refractivity contribution in [3.05, 3.63) is 0 Å². The first-order valence-electron chi connectivity index (χ1n) is 4.52. The number of nitrogens with two attached hydrogens (primary N) is 1. The highest BCUT2D eigenvalue weighted by Crippen LogP contribution is 2.44. The van der Waals surface area contributed by atoms with Gasteiger partial charge in [0.05, 0.1) is 6.10 Å². The van der Waals surface area contributed by atoms with Gasteiger partial charge in [0.1, 0.15) is 0 Å². The summed E-state index contributed by atoms with van der Waals surface area (Å²) < 4.78 is 5.42. The van der Waals surface area contributed by atoms with Gasteiger partial charge in [0.15, 0.2) is 0 Å². The second-order valence-electron chi connectivity index (χ2n) is 3.55. The van der Waals surface area contributed by atoms with E-state index in [0.717, 1.165) is 13.0 Å². The van der Waals surface area contributed by atoms with Crippen LogP contribution in [-0.4, -0.2) is 19.8 Å². The summed E-state index contributed by atoms with van der Waals surface area (Å²) >= 11 is 0. The second kappa shape index (κ2) is 3.55. The molecule has 0 spiro atoms. The van der Waals surface area contributed by atoms with Crippen molar-refractivity contribution >= 4 is 0 Å². The lowest BCUT2D eigenvalue weighted by Gasteiger charge is -2.46. The zero-order valence-corrected chi connectivity index (χ0v) is 7.60. The molecule has 1 fully saturated rings. The number of methoxy groups -OCH3 is 1. The molecule has 1 aliphatic carbocycles. The van der Waals surface area contributed by atoms with Gasteiger partial charge < -0.3 is 10.5 Å². The molecule has 0 saturated heterocycles. The minimum Gasteiger partial charge on any atom is -0.381 e. The lowest BCUT2D eigenvalue weighted by molar-refractivity contribution is -0.0564. The zero-order valence-electron chi connectivity index (χ0n) is 7.60. The fraction of sp³-hybridized carbons (Fsp3) is 1.00. The standard InChI is InChI=1S/C9H19NO/c1-3-8(11-2)9(7-10)5-4-6-9/h8H,3-7,10H2,1-2H3. The minimum atomic E-state index is 0.337. The van der Waals surface area contributed by atoms with E-state index in [1.165, 1.54) is 19.3 Å². The molecule has 2 nitrogen and oxygen atoms in total. The van der Waals surface area contributed by atoms with Gasteiger partial charge in [-0.25, -0.2) is 0 Å². The van der Waals surface area contributed by atoms with Gasteiger partial charge in [0.25, 0.3) is 0 Å². The molecule has 0 aromatic carbocycles. The van der Waals surface area contributed by atoms with Crippen molar-refractivity contribution in [3.63, 3.8) is 0 Å². The van der Waals surface area contributed by atoms with Crippen LogP contribution in [0, 0.1) is 5.41 Å². The van der Waals surface area contributed by atoms with Crippen LogP contribution in [0.15, 0.2) is 0 Å². The van der Waals surface area contributed by atoms with Crippen LogP contribution in [0.25, 0.3) is 0 Å².